The molecule has 1 fully saturated rings. The highest BCUT2D eigenvalue weighted by Crippen LogP contribution is 2.35. The van der Waals surface area contributed by atoms with Crippen LogP contribution in [0.15, 0.2) is 24.3 Å². The summed E-state index contributed by atoms with van der Waals surface area (Å²) in [7, 11) is 0. The average molecular weight is 245 g/mol. The lowest BCUT2D eigenvalue weighted by molar-refractivity contribution is -0.130. The monoisotopic (exact) mass is 245 g/mol. The van der Waals surface area contributed by atoms with E-state index in [2.05, 4.69) is 24.3 Å². The molecule has 3 nitrogen and oxygen atoms in total. The second-order valence-electron chi connectivity index (χ2n) is 5.42. The molecular formula is C15H19NO2. The quantitative estimate of drug-likeness (QED) is 0.861. The van der Waals surface area contributed by atoms with Gasteiger partial charge in [0.2, 0.25) is 5.91 Å². The van der Waals surface area contributed by atoms with Crippen molar-refractivity contribution in [1.82, 2.24) is 4.90 Å². The number of nitrogens with zero attached hydrogens (tertiary/aromatic N) is 1. The van der Waals surface area contributed by atoms with Crippen molar-refractivity contribution in [3.63, 3.8) is 0 Å². The van der Waals surface area contributed by atoms with Crippen LogP contribution in [0.2, 0.25) is 0 Å². The van der Waals surface area contributed by atoms with Gasteiger partial charge < -0.3 is 10.0 Å². The number of hydrogen-bond donors (Lipinski definition) is 1. The summed E-state index contributed by atoms with van der Waals surface area (Å²) in [6, 6.07) is 8.44. The maximum atomic E-state index is 12.2. The minimum absolute atomic E-state index is 0.202. The molecule has 1 amide bonds. The van der Waals surface area contributed by atoms with Crippen molar-refractivity contribution < 1.29 is 9.90 Å². The molecule has 96 valence electrons. The number of hydrogen-bond acceptors (Lipinski definition) is 2. The maximum Gasteiger partial charge on any atom is 0.223 e. The van der Waals surface area contributed by atoms with E-state index >= 15 is 0 Å². The number of aryl methyl sites for hydroxylation is 1. The van der Waals surface area contributed by atoms with Gasteiger partial charge in [-0.25, -0.2) is 0 Å². The van der Waals surface area contributed by atoms with Crippen molar-refractivity contribution in [1.29, 1.82) is 0 Å². The molecule has 0 radical (unpaired) electrons. The first kappa shape index (κ1) is 11.7. The van der Waals surface area contributed by atoms with Crippen LogP contribution in [0, 0.1) is 0 Å². The zero-order chi connectivity index (χ0) is 12.5. The number of carbonyl (C=O) groups excluding carboxylic acids is 1. The molecule has 1 aromatic rings. The van der Waals surface area contributed by atoms with Crippen molar-refractivity contribution in [3.05, 3.63) is 35.4 Å². The van der Waals surface area contributed by atoms with E-state index in [-0.39, 0.29) is 12.0 Å². The van der Waals surface area contributed by atoms with E-state index in [1.807, 2.05) is 4.90 Å². The van der Waals surface area contributed by atoms with Crippen LogP contribution in [-0.2, 0) is 11.2 Å². The van der Waals surface area contributed by atoms with E-state index < -0.39 is 0 Å². The first-order valence-electron chi connectivity index (χ1n) is 6.77. The molecule has 2 aliphatic rings. The average Bonchev–Trinajstić information content (AvgIpc) is 2.97. The number of likely N-dealkylation sites (tertiary alicyclic amines) is 1. The summed E-state index contributed by atoms with van der Waals surface area (Å²) in [5.74, 6) is 0.583. The highest BCUT2D eigenvalue weighted by atomic mass is 16.3. The number of carbonyl (C=O) groups is 1. The summed E-state index contributed by atoms with van der Waals surface area (Å²) in [6.07, 6.45) is 3.19. The Balaban J connectivity index is 1.66. The van der Waals surface area contributed by atoms with E-state index in [1.54, 1.807) is 0 Å². The molecule has 2 atom stereocenters. The summed E-state index contributed by atoms with van der Waals surface area (Å²) < 4.78 is 0. The van der Waals surface area contributed by atoms with Gasteiger partial charge in [-0.05, 0) is 36.3 Å². The number of amides is 1. The Morgan fingerprint density at radius 1 is 1.33 bits per heavy atom. The Labute approximate surface area is 107 Å². The molecular weight excluding hydrogens is 226 g/mol. The van der Waals surface area contributed by atoms with Crippen LogP contribution < -0.4 is 0 Å². The molecule has 1 saturated heterocycles. The number of benzene rings is 1. The van der Waals surface area contributed by atoms with Crippen LogP contribution in [0.25, 0.3) is 0 Å². The molecule has 0 bridgehead atoms. The van der Waals surface area contributed by atoms with Gasteiger partial charge in [0.15, 0.2) is 0 Å². The SMILES string of the molecule is O=C(CC1CCc2ccccc21)N1CC[C@@H](O)C1. The van der Waals surface area contributed by atoms with Gasteiger partial charge in [-0.1, -0.05) is 24.3 Å². The molecule has 1 N–H and O–H groups in total. The zero-order valence-electron chi connectivity index (χ0n) is 10.5. The minimum atomic E-state index is -0.315. The third-order valence-electron chi connectivity index (χ3n) is 4.19. The topological polar surface area (TPSA) is 40.5 Å². The molecule has 18 heavy (non-hydrogen) atoms. The van der Waals surface area contributed by atoms with Gasteiger partial charge in [0.1, 0.15) is 0 Å². The third-order valence-corrected chi connectivity index (χ3v) is 4.19. The van der Waals surface area contributed by atoms with E-state index in [4.69, 9.17) is 0 Å². The molecule has 1 aliphatic heterocycles. The summed E-state index contributed by atoms with van der Waals surface area (Å²) in [4.78, 5) is 14.0. The number of aliphatic hydroxyl groups is 1. The van der Waals surface area contributed by atoms with Gasteiger partial charge in [-0.3, -0.25) is 4.79 Å². The minimum Gasteiger partial charge on any atom is -0.391 e. The standard InChI is InChI=1S/C15H19NO2/c17-13-7-8-16(10-13)15(18)9-12-6-5-11-3-1-2-4-14(11)12/h1-4,12-13,17H,5-10H2/t12?,13-/m1/s1. The first-order valence-corrected chi connectivity index (χ1v) is 6.77. The van der Waals surface area contributed by atoms with E-state index in [9.17, 15) is 9.90 Å². The highest BCUT2D eigenvalue weighted by molar-refractivity contribution is 5.77. The molecule has 0 aromatic heterocycles. The molecule has 3 heteroatoms. The van der Waals surface area contributed by atoms with Crippen molar-refractivity contribution in [2.24, 2.45) is 0 Å². The van der Waals surface area contributed by atoms with Crippen LogP contribution in [0.5, 0.6) is 0 Å². The fourth-order valence-electron chi connectivity index (χ4n) is 3.17. The van der Waals surface area contributed by atoms with Gasteiger partial charge in [0, 0.05) is 19.5 Å². The number of fused-ring (bicyclic) bond motifs is 1. The molecule has 3 rings (SSSR count). The van der Waals surface area contributed by atoms with Crippen LogP contribution >= 0.6 is 0 Å². The number of rotatable bonds is 2. The number of β-amino-alcohol motifs (C(OH)–C–C–N with tert-alkyl or cyclic N) is 1. The fraction of sp³-hybridized carbons (Fsp3) is 0.533. The lowest BCUT2D eigenvalue weighted by Crippen LogP contribution is -2.30. The Bertz CT molecular complexity index is 458. The van der Waals surface area contributed by atoms with Gasteiger partial charge in [0.05, 0.1) is 6.10 Å². The van der Waals surface area contributed by atoms with Crippen LogP contribution in [-0.4, -0.2) is 35.1 Å². The van der Waals surface area contributed by atoms with E-state index in [0.29, 0.717) is 25.4 Å². The summed E-state index contributed by atoms with van der Waals surface area (Å²) >= 11 is 0. The Hall–Kier alpha value is -1.35. The Kier molecular flexibility index (Phi) is 3.08. The predicted molar refractivity (Wildman–Crippen MR) is 69.3 cm³/mol. The molecule has 0 saturated carbocycles. The molecule has 1 heterocycles. The first-order chi connectivity index (χ1) is 8.74. The van der Waals surface area contributed by atoms with Gasteiger partial charge in [-0.2, -0.15) is 0 Å². The lowest BCUT2D eigenvalue weighted by Gasteiger charge is -2.18. The molecule has 1 aromatic carbocycles. The van der Waals surface area contributed by atoms with Crippen LogP contribution in [0.3, 0.4) is 0 Å². The maximum absolute atomic E-state index is 12.2. The van der Waals surface area contributed by atoms with Crippen LogP contribution in [0.1, 0.15) is 36.3 Å². The van der Waals surface area contributed by atoms with Crippen molar-refractivity contribution in [2.75, 3.05) is 13.1 Å². The fourth-order valence-corrected chi connectivity index (χ4v) is 3.17. The third kappa shape index (κ3) is 2.15. The highest BCUT2D eigenvalue weighted by Gasteiger charge is 2.29. The summed E-state index contributed by atoms with van der Waals surface area (Å²) in [6.45, 7) is 1.24. The zero-order valence-corrected chi connectivity index (χ0v) is 10.5. The Morgan fingerprint density at radius 2 is 2.17 bits per heavy atom. The molecule has 0 spiro atoms. The molecule has 1 aliphatic carbocycles. The normalized spacial score (nSPS) is 26.4. The van der Waals surface area contributed by atoms with Gasteiger partial charge in [0.25, 0.3) is 0 Å². The molecule has 1 unspecified atom stereocenters. The van der Waals surface area contributed by atoms with Crippen molar-refractivity contribution >= 4 is 5.91 Å². The second-order valence-corrected chi connectivity index (χ2v) is 5.42. The van der Waals surface area contributed by atoms with Gasteiger partial charge in [-0.15, -0.1) is 0 Å². The summed E-state index contributed by atoms with van der Waals surface area (Å²) in [5, 5.41) is 9.47. The largest absolute Gasteiger partial charge is 0.391 e. The Morgan fingerprint density at radius 3 is 2.94 bits per heavy atom. The second kappa shape index (κ2) is 4.73. The van der Waals surface area contributed by atoms with Crippen molar-refractivity contribution in [2.45, 2.75) is 37.7 Å². The van der Waals surface area contributed by atoms with E-state index in [1.165, 1.54) is 11.1 Å². The van der Waals surface area contributed by atoms with E-state index in [0.717, 1.165) is 19.3 Å². The van der Waals surface area contributed by atoms with Crippen LogP contribution in [0.4, 0.5) is 0 Å². The number of aliphatic hydroxyl groups excluding tert-OH is 1. The van der Waals surface area contributed by atoms with Crippen molar-refractivity contribution in [3.8, 4) is 0 Å². The smallest absolute Gasteiger partial charge is 0.223 e. The van der Waals surface area contributed by atoms with Gasteiger partial charge >= 0.3 is 0 Å². The lowest BCUT2D eigenvalue weighted by atomic mass is 9.97. The predicted octanol–water partition coefficient (Wildman–Crippen LogP) is 1.70. The summed E-state index contributed by atoms with van der Waals surface area (Å²) in [5.41, 5.74) is 2.75.